The molecule has 3 saturated carbocycles. The number of rotatable bonds is 2. The monoisotopic (exact) mass is 588 g/mol. The number of carbonyl (C=O) groups excluding carboxylic acids is 2. The number of nitriles is 1. The minimum absolute atomic E-state index is 0.0630. The maximum absolute atomic E-state index is 14.8. The average Bonchev–Trinajstić information content (AvgIpc) is 3.08. The SMILES string of the molecule is C[C@@H]1C(=O)C(C#N)=C[C@]2(C)C3=CC(=O)[C@@H]4C5CC(C)(C)CC[C@]5(/C5=N/C(CF)=C/CCCOC5)CC[C@@]4(C)[C@]3(C)CCC12. The quantitative estimate of drug-likeness (QED) is 0.328. The number of ether oxygens (including phenoxy) is 1. The van der Waals surface area contributed by atoms with Gasteiger partial charge in [0.15, 0.2) is 11.6 Å². The second-order valence-corrected chi connectivity index (χ2v) is 16.2. The van der Waals surface area contributed by atoms with Crippen LogP contribution >= 0.6 is 0 Å². The Hall–Kier alpha value is -2.39. The number of hydrogen-bond acceptors (Lipinski definition) is 5. The molecule has 5 aliphatic carbocycles. The van der Waals surface area contributed by atoms with E-state index >= 15 is 0 Å². The maximum Gasteiger partial charge on any atom is 0.176 e. The minimum atomic E-state index is -0.584. The van der Waals surface area contributed by atoms with Gasteiger partial charge in [0.05, 0.1) is 23.6 Å². The number of aliphatic imine (C=N–C) groups is 1. The molecule has 6 aliphatic rings. The lowest BCUT2D eigenvalue weighted by molar-refractivity contribution is -0.159. The summed E-state index contributed by atoms with van der Waals surface area (Å²) in [6, 6.07) is 2.18. The van der Waals surface area contributed by atoms with Gasteiger partial charge < -0.3 is 4.74 Å². The van der Waals surface area contributed by atoms with Crippen LogP contribution < -0.4 is 0 Å². The number of nitrogens with zero attached hydrogens (tertiary/aromatic N) is 2. The van der Waals surface area contributed by atoms with Crippen LogP contribution in [0.4, 0.5) is 4.39 Å². The van der Waals surface area contributed by atoms with Crippen molar-refractivity contribution in [3.63, 3.8) is 0 Å². The molecule has 6 rings (SSSR count). The Labute approximate surface area is 257 Å². The highest BCUT2D eigenvalue weighted by atomic mass is 19.1. The zero-order chi connectivity index (χ0) is 31.0. The fourth-order valence-electron chi connectivity index (χ4n) is 11.0. The predicted octanol–water partition coefficient (Wildman–Crippen LogP) is 7.92. The lowest BCUT2D eigenvalue weighted by atomic mass is 9.34. The van der Waals surface area contributed by atoms with Gasteiger partial charge in [0.25, 0.3) is 0 Å². The molecular weight excluding hydrogens is 539 g/mol. The largest absolute Gasteiger partial charge is 0.375 e. The summed E-state index contributed by atoms with van der Waals surface area (Å²) in [5.74, 6) is -0.128. The molecule has 0 saturated heterocycles. The Morgan fingerprint density at radius 3 is 2.53 bits per heavy atom. The summed E-state index contributed by atoms with van der Waals surface area (Å²) in [7, 11) is 0. The van der Waals surface area contributed by atoms with Crippen molar-refractivity contribution in [1.82, 2.24) is 0 Å². The third-order valence-corrected chi connectivity index (χ3v) is 13.6. The van der Waals surface area contributed by atoms with E-state index in [1.807, 2.05) is 25.2 Å². The van der Waals surface area contributed by atoms with Crippen LogP contribution in [0.2, 0.25) is 0 Å². The Kier molecular flexibility index (Phi) is 7.36. The highest BCUT2D eigenvalue weighted by molar-refractivity contribution is 6.03. The van der Waals surface area contributed by atoms with Crippen LogP contribution in [0.1, 0.15) is 99.3 Å². The van der Waals surface area contributed by atoms with E-state index in [1.165, 1.54) is 0 Å². The molecule has 0 N–H and O–H groups in total. The van der Waals surface area contributed by atoms with Crippen LogP contribution in [0.25, 0.3) is 0 Å². The molecule has 1 heterocycles. The average molecular weight is 589 g/mol. The van der Waals surface area contributed by atoms with E-state index in [1.54, 1.807) is 0 Å². The minimum Gasteiger partial charge on any atom is -0.375 e. The number of Topliss-reactive ketones (excluding diaryl/α,β-unsaturated/α-hetero) is 1. The summed E-state index contributed by atoms with van der Waals surface area (Å²) in [4.78, 5) is 32.8. The number of alkyl halides is 1. The van der Waals surface area contributed by atoms with Gasteiger partial charge in [-0.1, -0.05) is 59.3 Å². The topological polar surface area (TPSA) is 79.5 Å². The number of halogens is 1. The van der Waals surface area contributed by atoms with Crippen molar-refractivity contribution in [3.05, 3.63) is 35.1 Å². The molecule has 0 amide bonds. The third-order valence-electron chi connectivity index (χ3n) is 13.6. The first-order valence-electron chi connectivity index (χ1n) is 16.6. The Morgan fingerprint density at radius 1 is 1.07 bits per heavy atom. The molecule has 0 radical (unpaired) electrons. The van der Waals surface area contributed by atoms with Gasteiger partial charge in [-0.3, -0.25) is 14.6 Å². The number of ketones is 2. The van der Waals surface area contributed by atoms with Gasteiger partial charge in [0.2, 0.25) is 0 Å². The van der Waals surface area contributed by atoms with Crippen LogP contribution in [-0.2, 0) is 14.3 Å². The van der Waals surface area contributed by atoms with Gasteiger partial charge in [-0.25, -0.2) is 4.39 Å². The fraction of sp³-hybridized carbons (Fsp3) is 0.730. The van der Waals surface area contributed by atoms with E-state index in [0.717, 1.165) is 69.1 Å². The number of fused-ring (bicyclic) bond motifs is 7. The van der Waals surface area contributed by atoms with Crippen LogP contribution in [-0.4, -0.2) is 37.2 Å². The molecule has 0 spiro atoms. The van der Waals surface area contributed by atoms with Crippen molar-refractivity contribution >= 4 is 17.3 Å². The number of carbonyl (C=O) groups is 2. The number of allylic oxidation sites excluding steroid dienone is 6. The van der Waals surface area contributed by atoms with Crippen LogP contribution in [0.15, 0.2) is 40.1 Å². The van der Waals surface area contributed by atoms with Gasteiger partial charge in [0.1, 0.15) is 12.7 Å². The lowest BCUT2D eigenvalue weighted by Crippen LogP contribution is -2.65. The van der Waals surface area contributed by atoms with E-state index in [9.17, 15) is 19.2 Å². The van der Waals surface area contributed by atoms with Gasteiger partial charge in [-0.05, 0) is 91.9 Å². The summed E-state index contributed by atoms with van der Waals surface area (Å²) >= 11 is 0. The molecular formula is C37H49FN2O3. The van der Waals surface area contributed by atoms with E-state index < -0.39 is 12.1 Å². The second kappa shape index (κ2) is 10.3. The van der Waals surface area contributed by atoms with Crippen molar-refractivity contribution in [2.75, 3.05) is 19.9 Å². The first-order chi connectivity index (χ1) is 20.3. The molecule has 3 fully saturated rings. The summed E-state index contributed by atoms with van der Waals surface area (Å²) in [5, 5.41) is 9.88. The summed E-state index contributed by atoms with van der Waals surface area (Å²) in [5.41, 5.74) is 1.57. The smallest absolute Gasteiger partial charge is 0.176 e. The zero-order valence-electron chi connectivity index (χ0n) is 27.0. The molecule has 0 aromatic heterocycles. The van der Waals surface area contributed by atoms with E-state index in [4.69, 9.17) is 9.73 Å². The van der Waals surface area contributed by atoms with Crippen LogP contribution in [0, 0.1) is 62.1 Å². The molecule has 1 aliphatic heterocycles. The van der Waals surface area contributed by atoms with Crippen LogP contribution in [0.3, 0.4) is 0 Å². The third kappa shape index (κ3) is 4.34. The van der Waals surface area contributed by atoms with Crippen molar-refractivity contribution < 1.29 is 18.7 Å². The van der Waals surface area contributed by atoms with E-state index in [-0.39, 0.29) is 62.5 Å². The highest BCUT2D eigenvalue weighted by Crippen LogP contribution is 2.74. The summed E-state index contributed by atoms with van der Waals surface area (Å²) < 4.78 is 20.4. The molecule has 43 heavy (non-hydrogen) atoms. The first kappa shape index (κ1) is 30.6. The first-order valence-corrected chi connectivity index (χ1v) is 16.6. The van der Waals surface area contributed by atoms with E-state index in [2.05, 4.69) is 40.7 Å². The molecule has 0 aromatic carbocycles. The van der Waals surface area contributed by atoms with E-state index in [0.29, 0.717) is 18.9 Å². The molecule has 232 valence electrons. The van der Waals surface area contributed by atoms with Gasteiger partial charge in [-0.15, -0.1) is 0 Å². The van der Waals surface area contributed by atoms with Gasteiger partial charge in [0, 0.05) is 29.3 Å². The van der Waals surface area contributed by atoms with Crippen molar-refractivity contribution in [1.29, 1.82) is 5.26 Å². The van der Waals surface area contributed by atoms with Crippen molar-refractivity contribution in [3.8, 4) is 6.07 Å². The highest BCUT2D eigenvalue weighted by Gasteiger charge is 2.69. The lowest BCUT2D eigenvalue weighted by Gasteiger charge is -2.69. The molecule has 5 nitrogen and oxygen atoms in total. The van der Waals surface area contributed by atoms with Gasteiger partial charge >= 0.3 is 0 Å². The van der Waals surface area contributed by atoms with Crippen LogP contribution in [0.5, 0.6) is 0 Å². The molecule has 0 bridgehead atoms. The van der Waals surface area contributed by atoms with Gasteiger partial charge in [-0.2, -0.15) is 5.26 Å². The molecule has 8 atom stereocenters. The van der Waals surface area contributed by atoms with Crippen molar-refractivity contribution in [2.45, 2.75) is 99.3 Å². The molecule has 2 unspecified atom stereocenters. The standard InChI is InChI=1S/C37H49FN2O3/c1-23-26-10-11-35(5)29(34(26,4)18-24(21-39)32(23)42)17-28(41)31-27-19-33(2,3)12-14-37(27,15-13-36(31,35)6)30-22-43-16-8-7-9-25(20-38)40-30/h9,17-18,23,26-27,31H,7-8,10-16,19-20,22H2,1-6H3/b25-9+,40-30+/t23-,26?,27?,31-,34-,35+,36+,37-/m0/s1. The fourth-order valence-corrected chi connectivity index (χ4v) is 11.0. The number of hydrogen-bond donors (Lipinski definition) is 0. The summed E-state index contributed by atoms with van der Waals surface area (Å²) in [6.07, 6.45) is 13.9. The summed E-state index contributed by atoms with van der Waals surface area (Å²) in [6.45, 7) is 14.0. The molecule has 0 aromatic rings. The maximum atomic E-state index is 14.8. The Balaban J connectivity index is 1.51. The van der Waals surface area contributed by atoms with Crippen molar-refractivity contribution in [2.24, 2.45) is 55.7 Å². The Bertz CT molecular complexity index is 1400. The second-order valence-electron chi connectivity index (χ2n) is 16.2. The Morgan fingerprint density at radius 2 is 1.81 bits per heavy atom. The molecule has 6 heteroatoms. The normalized spacial score (nSPS) is 46.7. The zero-order valence-corrected chi connectivity index (χ0v) is 27.0. The predicted molar refractivity (Wildman–Crippen MR) is 166 cm³/mol.